The number of rotatable bonds is 10. The monoisotopic (exact) mass is 2460 g/mol. The summed E-state index contributed by atoms with van der Waals surface area (Å²) in [6.45, 7) is 7.83. The van der Waals surface area contributed by atoms with Gasteiger partial charge in [0.25, 0.3) is 0 Å². The van der Waals surface area contributed by atoms with Gasteiger partial charge in [-0.3, -0.25) is 0 Å². The molecule has 12 nitrogen and oxygen atoms in total. The molecule has 0 aliphatic heterocycles. The molecule has 668 valence electrons. The van der Waals surface area contributed by atoms with Crippen LogP contribution in [0.25, 0.3) is 156 Å². The SMILES string of the molecule is Cc1cc(-c2[c-]cccc2)ncc1-c1ccccc1.Cc1ccc(-c2[c-]cccc2)nc1.Cc1ccc(-c2[c-]cccc2)nc1.Cc1ccc(-c2[c-]cccc2)nc1.Cc1ccc2c(n1)oc1c(-c3ccccn3)[c-]ccc12.[2H]C([2H])([2H])c1ccc(-c2[c-]ccc3c2oc2nc(C)ccc23)nc1.[2H]C([2H])([2H])c1ccc(-c2[c-]cccc2)nc1.[Ir].[Ir].[Ir].[Ir].[c-]1ccccc1-c1cc(-c2ccccc2)ccn1. The fourth-order valence-electron chi connectivity index (χ4n) is 13.6. The number of furan rings is 2. The van der Waals surface area contributed by atoms with Crippen molar-refractivity contribution >= 4 is 44.1 Å². The molecule has 12 aromatic heterocycles. The van der Waals surface area contributed by atoms with Gasteiger partial charge in [-0.25, -0.2) is 9.97 Å². The van der Waals surface area contributed by atoms with Gasteiger partial charge in [0.15, 0.2) is 0 Å². The number of fused-ring (bicyclic) bond motifs is 6. The van der Waals surface area contributed by atoms with Crippen LogP contribution in [0.2, 0.25) is 0 Å². The third kappa shape index (κ3) is 27.8. The van der Waals surface area contributed by atoms with Crippen LogP contribution in [-0.4, -0.2) is 49.8 Å². The van der Waals surface area contributed by atoms with Crippen molar-refractivity contribution in [1.29, 1.82) is 0 Å². The number of hydrogen-bond donors (Lipinski definition) is 0. The molecular weight excluding hydrogens is 2360 g/mol. The first-order valence-corrected chi connectivity index (χ1v) is 42.1. The first kappa shape index (κ1) is 91.8. The zero-order valence-corrected chi connectivity index (χ0v) is 83.3. The van der Waals surface area contributed by atoms with Gasteiger partial charge in [-0.1, -0.05) is 167 Å². The Morgan fingerprint density at radius 1 is 0.239 bits per heavy atom. The van der Waals surface area contributed by atoms with Crippen LogP contribution in [0, 0.1) is 104 Å². The number of aryl methyl sites for hydroxylation is 8. The Morgan fingerprint density at radius 2 is 0.575 bits per heavy atom. The predicted molar refractivity (Wildman–Crippen MR) is 527 cm³/mol. The second-order valence-electron chi connectivity index (χ2n) is 30.0. The van der Waals surface area contributed by atoms with Gasteiger partial charge in [-0.05, 0) is 187 Å². The molecule has 0 aliphatic carbocycles. The molecule has 0 aliphatic rings. The fraction of sp³-hybridized carbons (Fsp3) is 0.0678. The second kappa shape index (κ2) is 51.1. The maximum absolute atomic E-state index is 7.43. The van der Waals surface area contributed by atoms with E-state index in [2.05, 4.69) is 160 Å². The molecular formula is C118H90Ir4N10O2-8. The molecule has 0 fully saturated rings. The standard InChI is InChI=1S/C18H13N2O.C18H14N.C17H11N2O.C17H12N.4C12H10N.4Ir/c1-11-6-9-16(19-10-11)15-5-3-4-13-14-8-7-12(2)20-18(14)21-17(13)15;1-14-12-18(16-10-6-3-7-11-16)19-13-17(14)15-8-4-2-5-9-15;1-11-8-9-13-12-5-4-6-14(15-7-2-3-10-18-15)16(12)20-17(13)19-11;1-3-7-14(8-4-1)16-11-12-18-17(13-16)15-9-5-2-6-10-15;4*1-10-7-8-12(13-9-10)11-5-3-2-4-6-11;;;;/h3-4,6-10H,1-2H3;2-10,12-13H,1H3;2-5,7-10H,1H3;1-9,11-13H;4*2-5,7-9H,1H3;;;;/q8*-1;;;;/i1D3;;;;1D3;;;;;;;. The van der Waals surface area contributed by atoms with Crippen molar-refractivity contribution in [3.63, 3.8) is 0 Å². The summed E-state index contributed by atoms with van der Waals surface area (Å²) in [5, 5.41) is 3.95. The summed E-state index contributed by atoms with van der Waals surface area (Å²) >= 11 is 0. The molecule has 10 aromatic carbocycles. The molecule has 22 aromatic rings. The van der Waals surface area contributed by atoms with Crippen LogP contribution in [0.5, 0.6) is 0 Å². The van der Waals surface area contributed by atoms with Crippen LogP contribution >= 0.6 is 0 Å². The third-order valence-electron chi connectivity index (χ3n) is 20.3. The van der Waals surface area contributed by atoms with Gasteiger partial charge in [0, 0.05) is 166 Å². The van der Waals surface area contributed by atoms with Gasteiger partial charge in [0.2, 0.25) is 11.4 Å². The second-order valence-corrected chi connectivity index (χ2v) is 30.0. The summed E-state index contributed by atoms with van der Waals surface area (Å²) in [4.78, 5) is 43.6. The van der Waals surface area contributed by atoms with E-state index in [4.69, 9.17) is 17.1 Å². The quantitative estimate of drug-likeness (QED) is 0.120. The molecule has 16 heteroatoms. The van der Waals surface area contributed by atoms with Crippen molar-refractivity contribution < 1.29 is 97.5 Å². The normalized spacial score (nSPS) is 11.0. The van der Waals surface area contributed by atoms with Crippen LogP contribution in [-0.2, 0) is 80.4 Å². The molecule has 0 saturated carbocycles. The van der Waals surface area contributed by atoms with Crippen molar-refractivity contribution in [2.24, 2.45) is 0 Å². The van der Waals surface area contributed by atoms with E-state index >= 15 is 0 Å². The Labute approximate surface area is 846 Å². The summed E-state index contributed by atoms with van der Waals surface area (Å²) in [6.07, 6.45) is 13.9. The van der Waals surface area contributed by atoms with Crippen LogP contribution < -0.4 is 0 Å². The average molecular weight is 2450 g/mol. The Morgan fingerprint density at radius 3 is 0.925 bits per heavy atom. The topological polar surface area (TPSA) is 155 Å². The zero-order valence-electron chi connectivity index (χ0n) is 79.7. The summed E-state index contributed by atoms with van der Waals surface area (Å²) in [5.74, 6) is 0. The van der Waals surface area contributed by atoms with E-state index in [1.54, 1.807) is 36.5 Å². The molecule has 0 atom stereocenters. The Bertz CT molecular complexity index is 7310. The number of aromatic nitrogens is 10. The molecule has 0 saturated heterocycles. The third-order valence-corrected chi connectivity index (χ3v) is 20.3. The maximum Gasteiger partial charge on any atom is 0.216 e. The largest absolute Gasteiger partial charge is 0.486 e. The van der Waals surface area contributed by atoms with E-state index in [-0.39, 0.29) is 91.5 Å². The summed E-state index contributed by atoms with van der Waals surface area (Å²) < 4.78 is 55.9. The van der Waals surface area contributed by atoms with Crippen LogP contribution in [0.4, 0.5) is 0 Å². The zero-order chi connectivity index (χ0) is 94.6. The van der Waals surface area contributed by atoms with E-state index in [9.17, 15) is 0 Å². The molecule has 0 N–H and O–H groups in total. The van der Waals surface area contributed by atoms with Crippen molar-refractivity contribution in [2.75, 3.05) is 0 Å². The Hall–Kier alpha value is -14.1. The molecule has 22 rings (SSSR count). The molecule has 4 radical (unpaired) electrons. The Balaban J connectivity index is 0.000000154. The van der Waals surface area contributed by atoms with Crippen LogP contribution in [0.1, 0.15) is 53.0 Å². The number of hydrogen-bond acceptors (Lipinski definition) is 12. The maximum atomic E-state index is 7.43. The van der Waals surface area contributed by atoms with Gasteiger partial charge in [-0.15, -0.1) is 252 Å². The molecule has 0 amide bonds. The summed E-state index contributed by atoms with van der Waals surface area (Å²) in [5.41, 5.74) is 29.2. The van der Waals surface area contributed by atoms with E-state index in [0.717, 1.165) is 117 Å². The van der Waals surface area contributed by atoms with Crippen LogP contribution in [0.15, 0.2) is 410 Å². The molecule has 0 spiro atoms. The number of pyridine rings is 10. The van der Waals surface area contributed by atoms with E-state index in [0.29, 0.717) is 28.3 Å². The first-order valence-electron chi connectivity index (χ1n) is 45.1. The molecule has 12 heterocycles. The van der Waals surface area contributed by atoms with Gasteiger partial charge in [-0.2, -0.15) is 0 Å². The minimum atomic E-state index is -2.16. The van der Waals surface area contributed by atoms with Crippen molar-refractivity contribution in [3.05, 3.63) is 495 Å². The van der Waals surface area contributed by atoms with Gasteiger partial charge in [0.05, 0.1) is 11.2 Å². The Kier molecular flexibility index (Phi) is 35.0. The number of benzene rings is 10. The van der Waals surface area contributed by atoms with Gasteiger partial charge in [0.1, 0.15) is 0 Å². The predicted octanol–water partition coefficient (Wildman–Crippen LogP) is 28.8. The van der Waals surface area contributed by atoms with Crippen LogP contribution in [0.3, 0.4) is 0 Å². The summed E-state index contributed by atoms with van der Waals surface area (Å²) in [7, 11) is 0. The van der Waals surface area contributed by atoms with E-state index in [1.807, 2.05) is 333 Å². The van der Waals surface area contributed by atoms with E-state index in [1.165, 1.54) is 56.9 Å². The molecule has 134 heavy (non-hydrogen) atoms. The number of nitrogens with zero attached hydrogens (tertiary/aromatic N) is 10. The van der Waals surface area contributed by atoms with Gasteiger partial charge < -0.3 is 48.7 Å². The first-order chi connectivity index (χ1) is 66.2. The van der Waals surface area contributed by atoms with Crippen molar-refractivity contribution in [3.8, 4) is 112 Å². The molecule has 0 unspecified atom stereocenters. The minimum absolute atomic E-state index is 0. The average Bonchev–Trinajstić information content (AvgIpc) is 1.62. The fourth-order valence-corrected chi connectivity index (χ4v) is 13.6. The van der Waals surface area contributed by atoms with E-state index < -0.39 is 13.7 Å². The summed E-state index contributed by atoms with van der Waals surface area (Å²) in [6, 6.07) is 139. The molecule has 0 bridgehead atoms. The van der Waals surface area contributed by atoms with Gasteiger partial charge >= 0.3 is 0 Å². The minimum Gasteiger partial charge on any atom is -0.486 e. The van der Waals surface area contributed by atoms with Crippen molar-refractivity contribution in [2.45, 2.75) is 55.2 Å². The smallest absolute Gasteiger partial charge is 0.216 e. The van der Waals surface area contributed by atoms with Crippen molar-refractivity contribution in [1.82, 2.24) is 49.8 Å².